The standard InChI is InChI=1S/C27H28Cl2N2O3/c1-19(2)30-27(33)25(16-20-9-5-3-6-10-20)31(17-21-13-14-23(28)24(29)15-21)26(32)18-34-22-11-7-4-8-12-22/h3-15,19,25H,16-18H2,1-2H3,(H,30,33). The van der Waals surface area contributed by atoms with Crippen LogP contribution in [0.1, 0.15) is 25.0 Å². The summed E-state index contributed by atoms with van der Waals surface area (Å²) in [5.41, 5.74) is 1.71. The monoisotopic (exact) mass is 498 g/mol. The van der Waals surface area contributed by atoms with Crippen molar-refractivity contribution in [2.45, 2.75) is 38.9 Å². The van der Waals surface area contributed by atoms with Crippen molar-refractivity contribution in [3.05, 3.63) is 100 Å². The van der Waals surface area contributed by atoms with E-state index in [0.29, 0.717) is 22.2 Å². The van der Waals surface area contributed by atoms with Gasteiger partial charge < -0.3 is 15.0 Å². The average molecular weight is 499 g/mol. The number of carbonyl (C=O) groups is 2. The second kappa shape index (κ2) is 12.4. The van der Waals surface area contributed by atoms with E-state index >= 15 is 0 Å². The summed E-state index contributed by atoms with van der Waals surface area (Å²) in [6, 6.07) is 23.1. The number of ether oxygens (including phenoxy) is 1. The molecular weight excluding hydrogens is 471 g/mol. The minimum absolute atomic E-state index is 0.0757. The number of nitrogens with one attached hydrogen (secondary N) is 1. The molecular formula is C27H28Cl2N2O3. The third-order valence-electron chi connectivity index (χ3n) is 5.14. The molecule has 3 aromatic rings. The summed E-state index contributed by atoms with van der Waals surface area (Å²) in [4.78, 5) is 28.3. The lowest BCUT2D eigenvalue weighted by Crippen LogP contribution is -2.52. The number of rotatable bonds is 10. The molecule has 3 aromatic carbocycles. The molecule has 178 valence electrons. The van der Waals surface area contributed by atoms with E-state index in [0.717, 1.165) is 11.1 Å². The van der Waals surface area contributed by atoms with Crippen LogP contribution in [0.25, 0.3) is 0 Å². The Morgan fingerprint density at radius 2 is 1.53 bits per heavy atom. The fourth-order valence-electron chi connectivity index (χ4n) is 3.51. The minimum Gasteiger partial charge on any atom is -0.484 e. The van der Waals surface area contributed by atoms with Crippen molar-refractivity contribution in [1.82, 2.24) is 10.2 Å². The highest BCUT2D eigenvalue weighted by Gasteiger charge is 2.31. The van der Waals surface area contributed by atoms with Crippen LogP contribution >= 0.6 is 23.2 Å². The number of nitrogens with zero attached hydrogens (tertiary/aromatic N) is 1. The van der Waals surface area contributed by atoms with Crippen LogP contribution in [0.5, 0.6) is 5.75 Å². The van der Waals surface area contributed by atoms with Gasteiger partial charge in [0.1, 0.15) is 11.8 Å². The first-order valence-electron chi connectivity index (χ1n) is 11.1. The van der Waals surface area contributed by atoms with Gasteiger partial charge in [-0.05, 0) is 49.2 Å². The summed E-state index contributed by atoms with van der Waals surface area (Å²) >= 11 is 12.3. The highest BCUT2D eigenvalue weighted by Crippen LogP contribution is 2.24. The highest BCUT2D eigenvalue weighted by atomic mass is 35.5. The number of hydrogen-bond acceptors (Lipinski definition) is 3. The molecule has 0 saturated carbocycles. The Morgan fingerprint density at radius 1 is 0.882 bits per heavy atom. The van der Waals surface area contributed by atoms with Crippen molar-refractivity contribution in [3.8, 4) is 5.75 Å². The lowest BCUT2D eigenvalue weighted by Gasteiger charge is -2.32. The van der Waals surface area contributed by atoms with Gasteiger partial charge in [-0.1, -0.05) is 77.8 Å². The van der Waals surface area contributed by atoms with Crippen LogP contribution in [0, 0.1) is 0 Å². The molecule has 0 heterocycles. The number of carbonyl (C=O) groups excluding carboxylic acids is 2. The summed E-state index contributed by atoms with van der Waals surface area (Å²) in [5, 5.41) is 3.77. The molecule has 0 aliphatic rings. The highest BCUT2D eigenvalue weighted by molar-refractivity contribution is 6.42. The lowest BCUT2D eigenvalue weighted by molar-refractivity contribution is -0.143. The number of para-hydroxylation sites is 1. The van der Waals surface area contributed by atoms with Gasteiger partial charge in [-0.2, -0.15) is 0 Å². The molecule has 0 spiro atoms. The van der Waals surface area contributed by atoms with Crippen LogP contribution in [0.15, 0.2) is 78.9 Å². The third kappa shape index (κ3) is 7.51. The van der Waals surface area contributed by atoms with Gasteiger partial charge in [-0.15, -0.1) is 0 Å². The minimum atomic E-state index is -0.744. The maximum Gasteiger partial charge on any atom is 0.261 e. The second-order valence-electron chi connectivity index (χ2n) is 8.24. The van der Waals surface area contributed by atoms with Gasteiger partial charge in [-0.25, -0.2) is 0 Å². The third-order valence-corrected chi connectivity index (χ3v) is 5.88. The van der Waals surface area contributed by atoms with Crippen LogP contribution in [0.2, 0.25) is 10.0 Å². The summed E-state index contributed by atoms with van der Waals surface area (Å²) in [7, 11) is 0. The molecule has 2 amide bonds. The zero-order chi connectivity index (χ0) is 24.5. The number of hydrogen-bond donors (Lipinski definition) is 1. The SMILES string of the molecule is CC(C)NC(=O)C(Cc1ccccc1)N(Cc1ccc(Cl)c(Cl)c1)C(=O)COc1ccccc1. The van der Waals surface area contributed by atoms with E-state index < -0.39 is 6.04 Å². The Labute approximate surface area is 210 Å². The van der Waals surface area contributed by atoms with E-state index in [1.165, 1.54) is 0 Å². The van der Waals surface area contributed by atoms with Crippen molar-refractivity contribution in [1.29, 1.82) is 0 Å². The summed E-state index contributed by atoms with van der Waals surface area (Å²) in [5.74, 6) is 0.0401. The molecule has 3 rings (SSSR count). The molecule has 7 heteroatoms. The van der Waals surface area contributed by atoms with Crippen molar-refractivity contribution in [2.75, 3.05) is 6.61 Å². The van der Waals surface area contributed by atoms with Gasteiger partial charge in [0.25, 0.3) is 5.91 Å². The summed E-state index contributed by atoms with van der Waals surface area (Å²) < 4.78 is 5.72. The summed E-state index contributed by atoms with van der Waals surface area (Å²) in [6.45, 7) is 3.75. The largest absolute Gasteiger partial charge is 0.484 e. The van der Waals surface area contributed by atoms with Crippen LogP contribution in [0.3, 0.4) is 0 Å². The fourth-order valence-corrected chi connectivity index (χ4v) is 3.83. The Morgan fingerprint density at radius 3 is 2.15 bits per heavy atom. The zero-order valence-electron chi connectivity index (χ0n) is 19.2. The quantitative estimate of drug-likeness (QED) is 0.399. The smallest absolute Gasteiger partial charge is 0.261 e. The molecule has 0 saturated heterocycles. The molecule has 0 aliphatic carbocycles. The van der Waals surface area contributed by atoms with Gasteiger partial charge >= 0.3 is 0 Å². The normalized spacial score (nSPS) is 11.7. The van der Waals surface area contributed by atoms with E-state index in [-0.39, 0.29) is 31.0 Å². The van der Waals surface area contributed by atoms with Crippen molar-refractivity contribution >= 4 is 35.0 Å². The van der Waals surface area contributed by atoms with Gasteiger partial charge in [0.05, 0.1) is 10.0 Å². The van der Waals surface area contributed by atoms with Crippen molar-refractivity contribution < 1.29 is 14.3 Å². The maximum atomic E-state index is 13.5. The number of benzene rings is 3. The Kier molecular flexibility index (Phi) is 9.37. The zero-order valence-corrected chi connectivity index (χ0v) is 20.7. The summed E-state index contributed by atoms with van der Waals surface area (Å²) in [6.07, 6.45) is 0.359. The van der Waals surface area contributed by atoms with Crippen LogP contribution in [-0.2, 0) is 22.6 Å². The molecule has 0 aromatic heterocycles. The molecule has 0 fully saturated rings. The Balaban J connectivity index is 1.92. The van der Waals surface area contributed by atoms with Gasteiger partial charge in [-0.3, -0.25) is 9.59 Å². The van der Waals surface area contributed by atoms with Crippen LogP contribution in [-0.4, -0.2) is 35.4 Å². The van der Waals surface area contributed by atoms with Crippen molar-refractivity contribution in [3.63, 3.8) is 0 Å². The van der Waals surface area contributed by atoms with Crippen LogP contribution in [0.4, 0.5) is 0 Å². The lowest BCUT2D eigenvalue weighted by atomic mass is 10.0. The van der Waals surface area contributed by atoms with E-state index in [1.54, 1.807) is 35.2 Å². The molecule has 1 atom stereocenters. The molecule has 5 nitrogen and oxygen atoms in total. The molecule has 0 aliphatic heterocycles. The molecule has 0 radical (unpaired) electrons. The first-order valence-corrected chi connectivity index (χ1v) is 11.8. The Hall–Kier alpha value is -3.02. The molecule has 0 bridgehead atoms. The molecule has 1 N–H and O–H groups in total. The predicted octanol–water partition coefficient (Wildman–Crippen LogP) is 5.54. The first kappa shape index (κ1) is 25.6. The topological polar surface area (TPSA) is 58.6 Å². The molecule has 34 heavy (non-hydrogen) atoms. The van der Waals surface area contributed by atoms with E-state index in [1.807, 2.05) is 62.4 Å². The van der Waals surface area contributed by atoms with Gasteiger partial charge in [0.2, 0.25) is 5.91 Å². The van der Waals surface area contributed by atoms with Gasteiger partial charge in [0.15, 0.2) is 6.61 Å². The second-order valence-corrected chi connectivity index (χ2v) is 9.06. The van der Waals surface area contributed by atoms with E-state index in [2.05, 4.69) is 5.32 Å². The average Bonchev–Trinajstić information content (AvgIpc) is 2.83. The molecule has 1 unspecified atom stereocenters. The van der Waals surface area contributed by atoms with Crippen LogP contribution < -0.4 is 10.1 Å². The van der Waals surface area contributed by atoms with Crippen molar-refractivity contribution in [2.24, 2.45) is 0 Å². The first-order chi connectivity index (χ1) is 16.3. The van der Waals surface area contributed by atoms with E-state index in [4.69, 9.17) is 27.9 Å². The Bertz CT molecular complexity index is 1090. The van der Waals surface area contributed by atoms with Gasteiger partial charge in [0, 0.05) is 19.0 Å². The maximum absolute atomic E-state index is 13.5. The predicted molar refractivity (Wildman–Crippen MR) is 136 cm³/mol. The fraction of sp³-hybridized carbons (Fsp3) is 0.259. The number of halogens is 2. The van der Waals surface area contributed by atoms with E-state index in [9.17, 15) is 9.59 Å². The number of amides is 2.